The van der Waals surface area contributed by atoms with Crippen molar-refractivity contribution < 1.29 is 4.39 Å². The molecule has 1 aromatic heterocycles. The van der Waals surface area contributed by atoms with Crippen LogP contribution in [0.4, 0.5) is 4.39 Å². The summed E-state index contributed by atoms with van der Waals surface area (Å²) in [6.07, 6.45) is 0. The Hall–Kier alpha value is -1.38. The quantitative estimate of drug-likeness (QED) is 0.554. The van der Waals surface area contributed by atoms with Crippen LogP contribution < -0.4 is 0 Å². The van der Waals surface area contributed by atoms with E-state index in [1.54, 1.807) is 23.5 Å². The highest BCUT2D eigenvalue weighted by Gasteiger charge is 2.09. The van der Waals surface area contributed by atoms with E-state index >= 15 is 0 Å². The fourth-order valence-electron chi connectivity index (χ4n) is 1.90. The maximum Gasteiger partial charge on any atom is 0.132 e. The Bertz CT molecular complexity index is 667. The first-order valence-corrected chi connectivity index (χ1v) is 6.43. The lowest BCUT2D eigenvalue weighted by Gasteiger charge is -2.06. The molecule has 3 rings (SSSR count). The van der Waals surface area contributed by atoms with Gasteiger partial charge in [-0.2, -0.15) is 0 Å². The van der Waals surface area contributed by atoms with Gasteiger partial charge in [0, 0.05) is 10.3 Å². The number of fused-ring (bicyclic) bond motifs is 1. The zero-order chi connectivity index (χ0) is 11.8. The Balaban J connectivity index is 2.26. The molecular formula is C14H8ClFS. The highest BCUT2D eigenvalue weighted by atomic mass is 35.5. The van der Waals surface area contributed by atoms with Gasteiger partial charge in [-0.15, -0.1) is 11.3 Å². The summed E-state index contributed by atoms with van der Waals surface area (Å²) in [4.78, 5) is 0. The average Bonchev–Trinajstić information content (AvgIpc) is 2.76. The molecule has 0 saturated heterocycles. The Kier molecular flexibility index (Phi) is 2.61. The molecule has 0 atom stereocenters. The lowest BCUT2D eigenvalue weighted by molar-refractivity contribution is 0.631. The molecule has 0 aliphatic rings. The van der Waals surface area contributed by atoms with Crippen LogP contribution >= 0.6 is 22.9 Å². The lowest BCUT2D eigenvalue weighted by Crippen LogP contribution is -1.85. The van der Waals surface area contributed by atoms with Gasteiger partial charge < -0.3 is 0 Å². The highest BCUT2D eigenvalue weighted by Crippen LogP contribution is 2.33. The lowest BCUT2D eigenvalue weighted by atomic mass is 10.0. The van der Waals surface area contributed by atoms with Crippen LogP contribution in [0.1, 0.15) is 0 Å². The van der Waals surface area contributed by atoms with Gasteiger partial charge in [0.1, 0.15) is 5.82 Å². The van der Waals surface area contributed by atoms with Gasteiger partial charge in [-0.25, -0.2) is 4.39 Å². The Labute approximate surface area is 107 Å². The van der Waals surface area contributed by atoms with Crippen molar-refractivity contribution in [3.63, 3.8) is 0 Å². The molecule has 0 aliphatic carbocycles. The molecule has 1 heterocycles. The second-order valence-corrected chi connectivity index (χ2v) is 5.12. The maximum absolute atomic E-state index is 13.8. The Morgan fingerprint density at radius 1 is 1.06 bits per heavy atom. The molecule has 84 valence electrons. The molecule has 3 aromatic rings. The second kappa shape index (κ2) is 4.13. The minimum absolute atomic E-state index is 0.285. The van der Waals surface area contributed by atoms with E-state index in [1.807, 2.05) is 29.6 Å². The SMILES string of the molecule is Fc1cccc(Cl)c1-c1ccc2sccc2c1. The first-order chi connectivity index (χ1) is 8.25. The summed E-state index contributed by atoms with van der Waals surface area (Å²) in [5.41, 5.74) is 1.29. The van der Waals surface area contributed by atoms with E-state index in [4.69, 9.17) is 11.6 Å². The average molecular weight is 263 g/mol. The molecule has 3 heteroatoms. The van der Waals surface area contributed by atoms with Crippen molar-refractivity contribution in [2.24, 2.45) is 0 Å². The van der Waals surface area contributed by atoms with E-state index in [9.17, 15) is 4.39 Å². The van der Waals surface area contributed by atoms with Crippen LogP contribution in [0.3, 0.4) is 0 Å². The molecule has 0 radical (unpaired) electrons. The van der Waals surface area contributed by atoms with Crippen molar-refractivity contribution in [2.45, 2.75) is 0 Å². The number of hydrogen-bond donors (Lipinski definition) is 0. The third kappa shape index (κ3) is 1.84. The molecular weight excluding hydrogens is 255 g/mol. The summed E-state index contributed by atoms with van der Waals surface area (Å²) in [5.74, 6) is -0.285. The van der Waals surface area contributed by atoms with Gasteiger partial charge in [-0.3, -0.25) is 0 Å². The number of hydrogen-bond acceptors (Lipinski definition) is 1. The number of rotatable bonds is 1. The predicted octanol–water partition coefficient (Wildman–Crippen LogP) is 5.36. The smallest absolute Gasteiger partial charge is 0.132 e. The summed E-state index contributed by atoms with van der Waals surface area (Å²) in [6, 6.07) is 12.6. The zero-order valence-electron chi connectivity index (χ0n) is 8.78. The Morgan fingerprint density at radius 2 is 1.94 bits per heavy atom. The Morgan fingerprint density at radius 3 is 2.76 bits per heavy atom. The van der Waals surface area contributed by atoms with Gasteiger partial charge in [0.2, 0.25) is 0 Å². The highest BCUT2D eigenvalue weighted by molar-refractivity contribution is 7.17. The van der Waals surface area contributed by atoms with E-state index in [0.29, 0.717) is 10.6 Å². The van der Waals surface area contributed by atoms with Crippen LogP contribution in [0.25, 0.3) is 21.2 Å². The third-order valence-corrected chi connectivity index (χ3v) is 3.92. The van der Waals surface area contributed by atoms with Crippen molar-refractivity contribution in [3.8, 4) is 11.1 Å². The predicted molar refractivity (Wildman–Crippen MR) is 72.2 cm³/mol. The van der Waals surface area contributed by atoms with Gasteiger partial charge >= 0.3 is 0 Å². The number of benzene rings is 2. The van der Waals surface area contributed by atoms with Crippen LogP contribution in [-0.2, 0) is 0 Å². The van der Waals surface area contributed by atoms with Crippen molar-refractivity contribution in [2.75, 3.05) is 0 Å². The zero-order valence-corrected chi connectivity index (χ0v) is 10.4. The molecule has 17 heavy (non-hydrogen) atoms. The molecule has 0 saturated carbocycles. The van der Waals surface area contributed by atoms with Gasteiger partial charge in [0.05, 0.1) is 5.02 Å². The fraction of sp³-hybridized carbons (Fsp3) is 0. The molecule has 0 nitrogen and oxygen atoms in total. The minimum Gasteiger partial charge on any atom is -0.206 e. The monoisotopic (exact) mass is 262 g/mol. The van der Waals surface area contributed by atoms with Crippen LogP contribution in [0.2, 0.25) is 5.02 Å². The van der Waals surface area contributed by atoms with Crippen LogP contribution in [0.5, 0.6) is 0 Å². The van der Waals surface area contributed by atoms with Crippen molar-refractivity contribution in [1.29, 1.82) is 0 Å². The van der Waals surface area contributed by atoms with Crippen molar-refractivity contribution in [1.82, 2.24) is 0 Å². The largest absolute Gasteiger partial charge is 0.206 e. The molecule has 0 bridgehead atoms. The van der Waals surface area contributed by atoms with E-state index in [2.05, 4.69) is 0 Å². The number of halogens is 2. The fourth-order valence-corrected chi connectivity index (χ4v) is 2.94. The van der Waals surface area contributed by atoms with Crippen LogP contribution in [0, 0.1) is 5.82 Å². The standard InChI is InChI=1S/C14H8ClFS/c15-11-2-1-3-12(16)14(11)10-4-5-13-9(8-10)6-7-17-13/h1-8H. The first-order valence-electron chi connectivity index (χ1n) is 5.17. The summed E-state index contributed by atoms with van der Waals surface area (Å²) >= 11 is 7.72. The molecule has 0 spiro atoms. The van der Waals surface area contributed by atoms with Gasteiger partial charge in [-0.1, -0.05) is 23.7 Å². The van der Waals surface area contributed by atoms with E-state index in [0.717, 1.165) is 10.9 Å². The molecule has 0 N–H and O–H groups in total. The van der Waals surface area contributed by atoms with Crippen LogP contribution in [0.15, 0.2) is 47.8 Å². The van der Waals surface area contributed by atoms with Gasteiger partial charge in [-0.05, 0) is 46.7 Å². The molecule has 2 aromatic carbocycles. The van der Waals surface area contributed by atoms with Crippen molar-refractivity contribution in [3.05, 3.63) is 58.7 Å². The summed E-state index contributed by atoms with van der Waals surface area (Å²) < 4.78 is 15.0. The topological polar surface area (TPSA) is 0 Å². The molecule has 0 unspecified atom stereocenters. The van der Waals surface area contributed by atoms with E-state index in [-0.39, 0.29) is 5.82 Å². The molecule has 0 aliphatic heterocycles. The molecule has 0 fully saturated rings. The molecule has 0 amide bonds. The van der Waals surface area contributed by atoms with Gasteiger partial charge in [0.25, 0.3) is 0 Å². The van der Waals surface area contributed by atoms with Crippen LogP contribution in [-0.4, -0.2) is 0 Å². The van der Waals surface area contributed by atoms with E-state index < -0.39 is 0 Å². The summed E-state index contributed by atoms with van der Waals surface area (Å²) in [6.45, 7) is 0. The summed E-state index contributed by atoms with van der Waals surface area (Å²) in [7, 11) is 0. The minimum atomic E-state index is -0.285. The number of thiophene rings is 1. The second-order valence-electron chi connectivity index (χ2n) is 3.77. The van der Waals surface area contributed by atoms with Gasteiger partial charge in [0.15, 0.2) is 0 Å². The first kappa shape index (κ1) is 10.8. The van der Waals surface area contributed by atoms with Crippen molar-refractivity contribution >= 4 is 33.0 Å². The maximum atomic E-state index is 13.8. The van der Waals surface area contributed by atoms with E-state index in [1.165, 1.54) is 10.8 Å². The summed E-state index contributed by atoms with van der Waals surface area (Å²) in [5, 5.41) is 3.59. The third-order valence-electron chi connectivity index (χ3n) is 2.70. The normalized spacial score (nSPS) is 10.9.